The molecular formula is C42H59N3O9Si. The number of aromatic nitrogens is 1. The maximum absolute atomic E-state index is 15.4. The largest absolute Gasteiger partial charge is 0.514 e. The fraction of sp³-hybridized carbons (Fsp3) is 0.619. The molecule has 0 radical (unpaired) electrons. The van der Waals surface area contributed by atoms with Crippen LogP contribution in [0, 0.1) is 11.8 Å². The maximum Gasteiger partial charge on any atom is 0.514 e. The van der Waals surface area contributed by atoms with Crippen molar-refractivity contribution in [2.24, 2.45) is 11.8 Å². The minimum absolute atomic E-state index is 0.0354. The van der Waals surface area contributed by atoms with Gasteiger partial charge in [-0.3, -0.25) is 14.5 Å². The number of hydrogen-bond donors (Lipinski definition) is 2. The summed E-state index contributed by atoms with van der Waals surface area (Å²) in [6.45, 7) is 23.0. The molecule has 1 saturated heterocycles. The van der Waals surface area contributed by atoms with Crippen molar-refractivity contribution in [3.8, 4) is 11.6 Å². The van der Waals surface area contributed by atoms with Crippen LogP contribution in [-0.2, 0) is 15.6 Å². The molecule has 0 bridgehead atoms. The molecular weight excluding hydrogens is 719 g/mol. The Labute approximate surface area is 326 Å². The second-order valence-corrected chi connectivity index (χ2v) is 22.8. The normalized spacial score (nSPS) is 25.6. The molecule has 1 unspecified atom stereocenters. The van der Waals surface area contributed by atoms with E-state index in [9.17, 15) is 9.90 Å². The molecule has 13 heteroatoms. The first kappa shape index (κ1) is 40.9. The molecule has 2 heterocycles. The van der Waals surface area contributed by atoms with Gasteiger partial charge in [0.15, 0.2) is 25.5 Å². The minimum atomic E-state index is -2.90. The molecule has 0 spiro atoms. The average Bonchev–Trinajstić information content (AvgIpc) is 3.70. The van der Waals surface area contributed by atoms with Gasteiger partial charge < -0.3 is 33.6 Å². The Morgan fingerprint density at radius 3 is 2.53 bits per heavy atom. The SMILES string of the molecule is C=CCN[C@@H]1c2onc(OCCCC)c2C(=O)[C@@]2(O[Si](C)(C)C(C)(C)C)C(O)=C3C(=O)c4c(cc(C5CCCN5C)cc4OC(=O)OC(C)(C)C)C[C@H]3C[C@@H]12. The summed E-state index contributed by atoms with van der Waals surface area (Å²) in [5, 5.41) is 20.3. The summed E-state index contributed by atoms with van der Waals surface area (Å²) in [6, 6.07) is 3.22. The fourth-order valence-electron chi connectivity index (χ4n) is 8.42. The van der Waals surface area contributed by atoms with E-state index in [2.05, 4.69) is 49.8 Å². The molecule has 2 N–H and O–H groups in total. The van der Waals surface area contributed by atoms with E-state index >= 15 is 9.59 Å². The van der Waals surface area contributed by atoms with Gasteiger partial charge in [-0.15, -0.1) is 6.58 Å². The first-order valence-corrected chi connectivity index (χ1v) is 22.6. The monoisotopic (exact) mass is 777 g/mol. The molecule has 12 nitrogen and oxygen atoms in total. The predicted molar refractivity (Wildman–Crippen MR) is 210 cm³/mol. The molecule has 1 aromatic carbocycles. The van der Waals surface area contributed by atoms with Crippen molar-refractivity contribution in [3.63, 3.8) is 0 Å². The molecule has 4 aliphatic rings. The molecule has 3 aliphatic carbocycles. The lowest BCUT2D eigenvalue weighted by Crippen LogP contribution is -2.65. The number of fused-ring (bicyclic) bond motifs is 4. The van der Waals surface area contributed by atoms with Crippen LogP contribution in [0.4, 0.5) is 4.79 Å². The van der Waals surface area contributed by atoms with Gasteiger partial charge in [-0.2, -0.15) is 0 Å². The van der Waals surface area contributed by atoms with Gasteiger partial charge in [0, 0.05) is 24.1 Å². The van der Waals surface area contributed by atoms with E-state index in [1.807, 2.05) is 26.1 Å². The Hall–Kier alpha value is -3.78. The Morgan fingerprint density at radius 2 is 1.91 bits per heavy atom. The van der Waals surface area contributed by atoms with E-state index in [4.69, 9.17) is 23.2 Å². The molecule has 5 atom stereocenters. The molecule has 1 aliphatic heterocycles. The lowest BCUT2D eigenvalue weighted by molar-refractivity contribution is -0.0318. The lowest BCUT2D eigenvalue weighted by Gasteiger charge is -2.54. The van der Waals surface area contributed by atoms with E-state index in [0.29, 0.717) is 37.3 Å². The molecule has 1 aromatic heterocycles. The van der Waals surface area contributed by atoms with Crippen LogP contribution >= 0.6 is 0 Å². The fourth-order valence-corrected chi connectivity index (χ4v) is 9.88. The predicted octanol–water partition coefficient (Wildman–Crippen LogP) is 8.59. The summed E-state index contributed by atoms with van der Waals surface area (Å²) in [5.41, 5.74) is -0.792. The van der Waals surface area contributed by atoms with Gasteiger partial charge in [-0.25, -0.2) is 4.79 Å². The van der Waals surface area contributed by atoms with Gasteiger partial charge in [0.2, 0.25) is 5.78 Å². The number of carbonyl (C=O) groups is 3. The summed E-state index contributed by atoms with van der Waals surface area (Å²) in [5.74, 6) is -2.23. The van der Waals surface area contributed by atoms with Gasteiger partial charge >= 0.3 is 6.16 Å². The zero-order valence-corrected chi connectivity index (χ0v) is 35.2. The zero-order chi connectivity index (χ0) is 40.2. The third kappa shape index (κ3) is 7.33. The number of allylic oxidation sites excluding steroid dienone is 1. The van der Waals surface area contributed by atoms with Crippen molar-refractivity contribution in [2.45, 2.75) is 128 Å². The molecule has 0 amide bonds. The Morgan fingerprint density at radius 1 is 1.18 bits per heavy atom. The third-order valence-electron chi connectivity index (χ3n) is 12.1. The summed E-state index contributed by atoms with van der Waals surface area (Å²) in [7, 11) is -0.833. The molecule has 55 heavy (non-hydrogen) atoms. The maximum atomic E-state index is 15.4. The van der Waals surface area contributed by atoms with E-state index in [-0.39, 0.29) is 39.4 Å². The van der Waals surface area contributed by atoms with Crippen LogP contribution < -0.4 is 14.8 Å². The highest BCUT2D eigenvalue weighted by atomic mass is 28.4. The number of hydrogen-bond acceptors (Lipinski definition) is 12. The van der Waals surface area contributed by atoms with E-state index in [0.717, 1.165) is 37.8 Å². The van der Waals surface area contributed by atoms with Crippen molar-refractivity contribution in [2.75, 3.05) is 26.7 Å². The topological polar surface area (TPSA) is 150 Å². The van der Waals surface area contributed by atoms with Gasteiger partial charge in [0.05, 0.1) is 18.2 Å². The summed E-state index contributed by atoms with van der Waals surface area (Å²) >= 11 is 0. The highest BCUT2D eigenvalue weighted by molar-refractivity contribution is 6.74. The number of Topliss-reactive ketones (excluding diaryl/α,β-unsaturated/α-hetero) is 2. The van der Waals surface area contributed by atoms with Crippen LogP contribution in [0.25, 0.3) is 0 Å². The number of benzene rings is 1. The highest BCUT2D eigenvalue weighted by Gasteiger charge is 2.67. The number of aliphatic hydroxyl groups excluding tert-OH is 1. The second kappa shape index (κ2) is 14.9. The van der Waals surface area contributed by atoms with E-state index in [1.54, 1.807) is 32.9 Å². The van der Waals surface area contributed by atoms with Crippen LogP contribution in [0.1, 0.15) is 130 Å². The highest BCUT2D eigenvalue weighted by Crippen LogP contribution is 2.59. The second-order valence-electron chi connectivity index (χ2n) is 18.1. The van der Waals surface area contributed by atoms with Crippen LogP contribution in [0.3, 0.4) is 0 Å². The van der Waals surface area contributed by atoms with Crippen molar-refractivity contribution < 1.29 is 42.6 Å². The first-order valence-electron chi connectivity index (χ1n) is 19.7. The van der Waals surface area contributed by atoms with Crippen molar-refractivity contribution in [1.29, 1.82) is 0 Å². The molecule has 6 rings (SSSR count). The van der Waals surface area contributed by atoms with Gasteiger partial charge in [-0.1, -0.05) is 46.3 Å². The number of aliphatic hydroxyl groups is 1. The zero-order valence-electron chi connectivity index (χ0n) is 34.2. The number of ketones is 2. The number of carbonyl (C=O) groups excluding carboxylic acids is 3. The third-order valence-corrected chi connectivity index (χ3v) is 16.5. The van der Waals surface area contributed by atoms with Gasteiger partial charge in [-0.05, 0) is 113 Å². The molecule has 0 saturated carbocycles. The van der Waals surface area contributed by atoms with Crippen LogP contribution in [0.2, 0.25) is 18.1 Å². The summed E-state index contributed by atoms with van der Waals surface area (Å²) in [6.07, 6.45) is 5.00. The van der Waals surface area contributed by atoms with E-state index in [1.165, 1.54) is 0 Å². The Bertz CT molecular complexity index is 1890. The smallest absolute Gasteiger partial charge is 0.508 e. The number of nitrogens with zero attached hydrogens (tertiary/aromatic N) is 2. The molecule has 300 valence electrons. The van der Waals surface area contributed by atoms with Crippen molar-refractivity contribution in [3.05, 3.63) is 64.1 Å². The van der Waals surface area contributed by atoms with Crippen LogP contribution in [-0.4, -0.2) is 79.1 Å². The number of rotatable bonds is 11. The Balaban J connectivity index is 1.57. The summed E-state index contributed by atoms with van der Waals surface area (Å²) in [4.78, 5) is 46.0. The Kier molecular flexibility index (Phi) is 11.1. The minimum Gasteiger partial charge on any atom is -0.508 e. The lowest BCUT2D eigenvalue weighted by atomic mass is 9.58. The number of ether oxygens (including phenoxy) is 3. The first-order chi connectivity index (χ1) is 25.8. The van der Waals surface area contributed by atoms with Crippen molar-refractivity contribution >= 4 is 26.0 Å². The van der Waals surface area contributed by atoms with Crippen LogP contribution in [0.15, 0.2) is 40.6 Å². The van der Waals surface area contributed by atoms with Crippen molar-refractivity contribution in [1.82, 2.24) is 15.4 Å². The quantitative estimate of drug-likeness (QED) is 0.0740. The van der Waals surface area contributed by atoms with Gasteiger partial charge in [0.25, 0.3) is 5.88 Å². The molecule has 1 fully saturated rings. The number of nitrogens with one attached hydrogen (secondary N) is 1. The molecule has 2 aromatic rings. The van der Waals surface area contributed by atoms with Crippen LogP contribution in [0.5, 0.6) is 11.6 Å². The van der Waals surface area contributed by atoms with E-state index < -0.39 is 60.9 Å². The summed E-state index contributed by atoms with van der Waals surface area (Å²) < 4.78 is 30.7. The number of likely N-dealkylation sites (tertiary alicyclic amines) is 1. The average molecular weight is 778 g/mol. The number of unbranched alkanes of at least 4 members (excludes halogenated alkanes) is 1. The standard InChI is InChI=1S/C42H59N3O9Si/c1-12-14-19-50-38-32-35(53-44-38)33(43-17-13-2)27-22-26-21-25-20-24(28-16-15-18-45(28)9)23-29(51-39(49)52-40(3,4)5)30(25)34(46)31(26)36(47)42(27,37(32)48)54-55(10,11)41(6,7)8/h13,20,23,26-28,33,43,47H,2,12,14-19,21-22H2,1,3-11H3/t26-,27-,28?,33-,42-/m0/s1. The van der Waals surface area contributed by atoms with Gasteiger partial charge in [0.1, 0.15) is 22.7 Å².